The van der Waals surface area contributed by atoms with E-state index in [4.69, 9.17) is 18.9 Å². The van der Waals surface area contributed by atoms with Crippen LogP contribution in [0.4, 0.5) is 0 Å². The van der Waals surface area contributed by atoms with Crippen LogP contribution in [0.2, 0.25) is 0 Å². The quantitative estimate of drug-likeness (QED) is 0.221. The summed E-state index contributed by atoms with van der Waals surface area (Å²) in [6.07, 6.45) is 1.02. The van der Waals surface area contributed by atoms with E-state index in [-0.39, 0.29) is 17.8 Å². The lowest BCUT2D eigenvalue weighted by molar-refractivity contribution is -0.122. The third kappa shape index (κ3) is 7.36. The van der Waals surface area contributed by atoms with Crippen molar-refractivity contribution in [3.63, 3.8) is 0 Å². The minimum Gasteiger partial charge on any atom is -0.493 e. The third-order valence-corrected chi connectivity index (χ3v) is 7.70. The summed E-state index contributed by atoms with van der Waals surface area (Å²) in [6, 6.07) is 12.6. The molecule has 0 bridgehead atoms. The van der Waals surface area contributed by atoms with Gasteiger partial charge in [0.05, 0.1) is 34.0 Å². The Labute approximate surface area is 251 Å². The first-order chi connectivity index (χ1) is 20.8. The van der Waals surface area contributed by atoms with Crippen molar-refractivity contribution in [3.05, 3.63) is 79.8 Å². The molecule has 12 nitrogen and oxygen atoms in total. The summed E-state index contributed by atoms with van der Waals surface area (Å²) >= 11 is 1.15. The van der Waals surface area contributed by atoms with E-state index in [2.05, 4.69) is 10.6 Å². The molecule has 2 N–H and O–H groups in total. The van der Waals surface area contributed by atoms with Gasteiger partial charge >= 0.3 is 5.69 Å². The van der Waals surface area contributed by atoms with Gasteiger partial charge in [-0.25, -0.2) is 9.36 Å². The Kier molecular flexibility index (Phi) is 10.4. The highest BCUT2D eigenvalue weighted by atomic mass is 32.1. The Hall–Kier alpha value is -4.78. The number of rotatable bonds is 14. The zero-order valence-corrected chi connectivity index (χ0v) is 25.2. The van der Waals surface area contributed by atoms with E-state index in [9.17, 15) is 19.2 Å². The molecule has 0 saturated heterocycles. The van der Waals surface area contributed by atoms with Crippen molar-refractivity contribution in [3.8, 4) is 23.0 Å². The van der Waals surface area contributed by atoms with Gasteiger partial charge in [-0.1, -0.05) is 12.1 Å². The second-order valence-corrected chi connectivity index (χ2v) is 10.4. The zero-order chi connectivity index (χ0) is 30.9. The summed E-state index contributed by atoms with van der Waals surface area (Å²) < 4.78 is 23.5. The molecule has 43 heavy (non-hydrogen) atoms. The molecule has 0 aliphatic heterocycles. The van der Waals surface area contributed by atoms with E-state index < -0.39 is 29.6 Å². The number of hydrogen-bond donors (Lipinski definition) is 2. The number of thiophene rings is 1. The van der Waals surface area contributed by atoms with E-state index in [0.29, 0.717) is 47.9 Å². The molecule has 13 heteroatoms. The Morgan fingerprint density at radius 2 is 1.19 bits per heavy atom. The van der Waals surface area contributed by atoms with Crippen LogP contribution < -0.4 is 40.8 Å². The number of hydrogen-bond acceptors (Lipinski definition) is 9. The van der Waals surface area contributed by atoms with Crippen LogP contribution in [0.15, 0.2) is 57.4 Å². The van der Waals surface area contributed by atoms with Crippen molar-refractivity contribution in [2.75, 3.05) is 41.5 Å². The first kappa shape index (κ1) is 31.2. The monoisotopic (exact) mass is 610 g/mol. The molecule has 0 atom stereocenters. The molecule has 0 aliphatic rings. The molecule has 0 unspecified atom stereocenters. The molecule has 2 aromatic heterocycles. The smallest absolute Gasteiger partial charge is 0.332 e. The fraction of sp³-hybridized carbons (Fsp3) is 0.333. The van der Waals surface area contributed by atoms with Gasteiger partial charge in [-0.2, -0.15) is 0 Å². The lowest BCUT2D eigenvalue weighted by Gasteiger charge is -2.13. The number of ether oxygens (including phenoxy) is 4. The summed E-state index contributed by atoms with van der Waals surface area (Å²) in [5.74, 6) is 1.47. The number of aromatic nitrogens is 2. The van der Waals surface area contributed by atoms with Crippen molar-refractivity contribution in [1.29, 1.82) is 0 Å². The van der Waals surface area contributed by atoms with Gasteiger partial charge in [0.15, 0.2) is 23.0 Å². The summed E-state index contributed by atoms with van der Waals surface area (Å²) in [7, 11) is 6.20. The molecule has 228 valence electrons. The van der Waals surface area contributed by atoms with Crippen LogP contribution in [-0.4, -0.2) is 62.5 Å². The van der Waals surface area contributed by atoms with Crippen LogP contribution in [0.5, 0.6) is 23.0 Å². The molecule has 2 amide bonds. The number of carbonyl (C=O) groups is 2. The highest BCUT2D eigenvalue weighted by molar-refractivity contribution is 7.17. The van der Waals surface area contributed by atoms with Crippen molar-refractivity contribution in [2.45, 2.75) is 25.9 Å². The number of carbonyl (C=O) groups excluding carboxylic acids is 2. The first-order valence-corrected chi connectivity index (χ1v) is 14.3. The molecular weight excluding hydrogens is 576 g/mol. The fourth-order valence-corrected chi connectivity index (χ4v) is 5.43. The van der Waals surface area contributed by atoms with Gasteiger partial charge in [-0.15, -0.1) is 11.3 Å². The number of methoxy groups -OCH3 is 4. The van der Waals surface area contributed by atoms with E-state index >= 15 is 0 Å². The largest absolute Gasteiger partial charge is 0.493 e. The predicted molar refractivity (Wildman–Crippen MR) is 163 cm³/mol. The molecule has 0 spiro atoms. The van der Waals surface area contributed by atoms with Crippen LogP contribution in [-0.2, 0) is 35.5 Å². The van der Waals surface area contributed by atoms with Crippen molar-refractivity contribution >= 4 is 33.4 Å². The Bertz CT molecular complexity index is 1730. The average molecular weight is 611 g/mol. The standard InChI is InChI=1S/C30H34N4O8S/c1-39-22-7-5-19(15-24(22)41-3)9-12-31-26(35)17-33-21-11-14-43-28(21)29(37)34(30(33)38)18-27(36)32-13-10-20-6-8-23(40-2)25(16-20)42-4/h5-8,11,14-16H,9-10,12-13,17-18H2,1-4H3,(H,31,35)(H,32,36). The molecule has 0 aliphatic carbocycles. The number of nitrogens with one attached hydrogen (secondary N) is 2. The molecule has 4 rings (SSSR count). The number of amides is 2. The van der Waals surface area contributed by atoms with Crippen molar-refractivity contribution < 1.29 is 28.5 Å². The van der Waals surface area contributed by atoms with Crippen LogP contribution in [0.3, 0.4) is 0 Å². The van der Waals surface area contributed by atoms with Gasteiger partial charge in [-0.3, -0.25) is 19.0 Å². The van der Waals surface area contributed by atoms with E-state index in [1.165, 1.54) is 4.57 Å². The summed E-state index contributed by atoms with van der Waals surface area (Å²) in [4.78, 5) is 52.0. The minimum absolute atomic E-state index is 0.279. The molecule has 0 fully saturated rings. The molecule has 0 saturated carbocycles. The highest BCUT2D eigenvalue weighted by Crippen LogP contribution is 2.28. The van der Waals surface area contributed by atoms with Crippen LogP contribution >= 0.6 is 11.3 Å². The minimum atomic E-state index is -0.735. The molecule has 4 aromatic rings. The Morgan fingerprint density at radius 3 is 1.67 bits per heavy atom. The third-order valence-electron chi connectivity index (χ3n) is 6.81. The first-order valence-electron chi connectivity index (χ1n) is 13.5. The average Bonchev–Trinajstić information content (AvgIpc) is 3.51. The Morgan fingerprint density at radius 1 is 0.698 bits per heavy atom. The second-order valence-electron chi connectivity index (χ2n) is 9.47. The molecule has 0 radical (unpaired) electrons. The van der Waals surface area contributed by atoms with E-state index in [1.54, 1.807) is 52.0 Å². The highest BCUT2D eigenvalue weighted by Gasteiger charge is 2.18. The summed E-state index contributed by atoms with van der Waals surface area (Å²) in [6.45, 7) is -0.184. The fourth-order valence-electron chi connectivity index (χ4n) is 4.59. The zero-order valence-electron chi connectivity index (χ0n) is 24.4. The topological polar surface area (TPSA) is 139 Å². The molecular formula is C30H34N4O8S. The number of fused-ring (bicyclic) bond motifs is 1. The van der Waals surface area contributed by atoms with Crippen LogP contribution in [0, 0.1) is 0 Å². The Balaban J connectivity index is 1.40. The van der Waals surface area contributed by atoms with Crippen LogP contribution in [0.25, 0.3) is 10.2 Å². The number of benzene rings is 2. The van der Waals surface area contributed by atoms with Gasteiger partial charge in [-0.05, 0) is 59.7 Å². The lowest BCUT2D eigenvalue weighted by atomic mass is 10.1. The van der Waals surface area contributed by atoms with Gasteiger partial charge in [0, 0.05) is 13.1 Å². The van der Waals surface area contributed by atoms with E-state index in [1.807, 2.05) is 24.3 Å². The van der Waals surface area contributed by atoms with Crippen molar-refractivity contribution in [1.82, 2.24) is 19.8 Å². The maximum Gasteiger partial charge on any atom is 0.332 e. The van der Waals surface area contributed by atoms with Crippen LogP contribution in [0.1, 0.15) is 11.1 Å². The normalized spacial score (nSPS) is 10.8. The van der Waals surface area contributed by atoms with Gasteiger partial charge in [0.1, 0.15) is 17.8 Å². The van der Waals surface area contributed by atoms with E-state index in [0.717, 1.165) is 27.0 Å². The number of nitrogens with zero attached hydrogens (tertiary/aromatic N) is 2. The lowest BCUT2D eigenvalue weighted by Crippen LogP contribution is -2.45. The van der Waals surface area contributed by atoms with Crippen molar-refractivity contribution in [2.24, 2.45) is 0 Å². The van der Waals surface area contributed by atoms with Gasteiger partial charge in [0.2, 0.25) is 11.8 Å². The maximum atomic E-state index is 13.3. The summed E-state index contributed by atoms with van der Waals surface area (Å²) in [5.41, 5.74) is 0.881. The molecule has 2 heterocycles. The SMILES string of the molecule is COc1ccc(CCNC(=O)Cn2c(=O)c3sccc3n(CC(=O)NCCc3ccc(OC)c(OC)c3)c2=O)cc1OC. The summed E-state index contributed by atoms with van der Waals surface area (Å²) in [5, 5.41) is 7.23. The predicted octanol–water partition coefficient (Wildman–Crippen LogP) is 1.98. The maximum absolute atomic E-state index is 13.3. The van der Waals surface area contributed by atoms with Gasteiger partial charge in [0.25, 0.3) is 5.56 Å². The molecule has 2 aromatic carbocycles. The second kappa shape index (κ2) is 14.4. The van der Waals surface area contributed by atoms with Gasteiger partial charge < -0.3 is 29.6 Å².